The lowest BCUT2D eigenvalue weighted by Gasteiger charge is -2.12. The molecule has 3 aromatic heterocycles. The Labute approximate surface area is 152 Å². The monoisotopic (exact) mass is 367 g/mol. The summed E-state index contributed by atoms with van der Waals surface area (Å²) in [5.74, 6) is 0.197. The molecule has 0 aliphatic carbocycles. The molecule has 1 aromatic carbocycles. The van der Waals surface area contributed by atoms with E-state index in [0.29, 0.717) is 27.6 Å². The SMILES string of the molecule is Cn1ncc2c(=O)n(-c3ccncc3)c(SCc3cccc(F)c3)nc21. The van der Waals surface area contributed by atoms with Crippen molar-refractivity contribution in [2.45, 2.75) is 10.9 Å². The maximum atomic E-state index is 13.4. The first-order valence-corrected chi connectivity index (χ1v) is 8.84. The number of thioether (sulfide) groups is 1. The van der Waals surface area contributed by atoms with Crippen molar-refractivity contribution in [3.63, 3.8) is 0 Å². The molecule has 3 heterocycles. The minimum atomic E-state index is -0.287. The number of fused-ring (bicyclic) bond motifs is 1. The van der Waals surface area contributed by atoms with Crippen LogP contribution in [-0.2, 0) is 12.8 Å². The van der Waals surface area contributed by atoms with Crippen molar-refractivity contribution < 1.29 is 4.39 Å². The van der Waals surface area contributed by atoms with Crippen molar-refractivity contribution in [2.24, 2.45) is 7.05 Å². The van der Waals surface area contributed by atoms with Crippen LogP contribution >= 0.6 is 11.8 Å². The fraction of sp³-hybridized carbons (Fsp3) is 0.111. The second-order valence-electron chi connectivity index (χ2n) is 5.66. The zero-order valence-corrected chi connectivity index (χ0v) is 14.7. The zero-order chi connectivity index (χ0) is 18.1. The van der Waals surface area contributed by atoms with Crippen molar-refractivity contribution in [3.05, 3.63) is 76.7 Å². The standard InChI is InChI=1S/C18H14FN5OS/c1-23-16-15(10-21-23)17(25)24(14-5-7-20-8-6-14)18(22-16)26-11-12-3-2-4-13(19)9-12/h2-10H,11H2,1H3. The lowest BCUT2D eigenvalue weighted by Crippen LogP contribution is -2.21. The quantitative estimate of drug-likeness (QED) is 0.410. The molecular weight excluding hydrogens is 353 g/mol. The number of aryl methyl sites for hydroxylation is 1. The molecule has 0 spiro atoms. The second-order valence-corrected chi connectivity index (χ2v) is 6.61. The van der Waals surface area contributed by atoms with Gasteiger partial charge in [-0.15, -0.1) is 0 Å². The molecule has 26 heavy (non-hydrogen) atoms. The van der Waals surface area contributed by atoms with Crippen molar-refractivity contribution in [3.8, 4) is 5.69 Å². The van der Waals surface area contributed by atoms with E-state index in [2.05, 4.69) is 15.1 Å². The number of hydrogen-bond donors (Lipinski definition) is 0. The first-order chi connectivity index (χ1) is 12.6. The molecule has 0 radical (unpaired) electrons. The summed E-state index contributed by atoms with van der Waals surface area (Å²) in [6, 6.07) is 9.88. The van der Waals surface area contributed by atoms with Crippen LogP contribution in [0.15, 0.2) is 64.9 Å². The van der Waals surface area contributed by atoms with Crippen LogP contribution in [0, 0.1) is 5.82 Å². The van der Waals surface area contributed by atoms with E-state index in [1.807, 2.05) is 6.07 Å². The molecule has 0 bridgehead atoms. The van der Waals surface area contributed by atoms with Crippen LogP contribution in [0.2, 0.25) is 0 Å². The number of hydrogen-bond acceptors (Lipinski definition) is 5. The van der Waals surface area contributed by atoms with E-state index in [1.54, 1.807) is 42.3 Å². The molecule has 0 unspecified atom stereocenters. The molecule has 0 aliphatic rings. The summed E-state index contributed by atoms with van der Waals surface area (Å²) in [5.41, 5.74) is 1.80. The molecule has 4 rings (SSSR count). The van der Waals surface area contributed by atoms with Crippen molar-refractivity contribution in [1.29, 1.82) is 0 Å². The maximum absolute atomic E-state index is 13.4. The Bertz CT molecular complexity index is 1140. The van der Waals surface area contributed by atoms with E-state index in [9.17, 15) is 9.18 Å². The van der Waals surface area contributed by atoms with E-state index >= 15 is 0 Å². The molecule has 0 saturated heterocycles. The van der Waals surface area contributed by atoms with E-state index in [4.69, 9.17) is 0 Å². The van der Waals surface area contributed by atoms with E-state index in [-0.39, 0.29) is 11.4 Å². The Balaban J connectivity index is 1.83. The lowest BCUT2D eigenvalue weighted by molar-refractivity contribution is 0.626. The van der Waals surface area contributed by atoms with Gasteiger partial charge in [0.1, 0.15) is 11.2 Å². The first-order valence-electron chi connectivity index (χ1n) is 7.86. The van der Waals surface area contributed by atoms with Crippen LogP contribution < -0.4 is 5.56 Å². The summed E-state index contributed by atoms with van der Waals surface area (Å²) in [7, 11) is 1.74. The highest BCUT2D eigenvalue weighted by Gasteiger charge is 2.16. The molecule has 4 aromatic rings. The fourth-order valence-corrected chi connectivity index (χ4v) is 3.60. The van der Waals surface area contributed by atoms with Gasteiger partial charge in [0, 0.05) is 25.2 Å². The largest absolute Gasteiger partial charge is 0.269 e. The van der Waals surface area contributed by atoms with Gasteiger partial charge in [-0.25, -0.2) is 9.37 Å². The predicted octanol–water partition coefficient (Wildman–Crippen LogP) is 2.95. The Morgan fingerprint density at radius 3 is 2.77 bits per heavy atom. The highest BCUT2D eigenvalue weighted by Crippen LogP contribution is 2.24. The van der Waals surface area contributed by atoms with Crippen LogP contribution in [0.4, 0.5) is 4.39 Å². The van der Waals surface area contributed by atoms with Crippen LogP contribution in [0.25, 0.3) is 16.7 Å². The van der Waals surface area contributed by atoms with Gasteiger partial charge in [-0.05, 0) is 29.8 Å². The molecule has 0 aliphatic heterocycles. The Kier molecular flexibility index (Phi) is 4.26. The van der Waals surface area contributed by atoms with Gasteiger partial charge < -0.3 is 0 Å². The van der Waals surface area contributed by atoms with Gasteiger partial charge in [0.25, 0.3) is 5.56 Å². The normalized spacial score (nSPS) is 11.2. The highest BCUT2D eigenvalue weighted by molar-refractivity contribution is 7.98. The second kappa shape index (κ2) is 6.72. The smallest absolute Gasteiger partial charge is 0.268 e. The number of rotatable bonds is 4. The van der Waals surface area contributed by atoms with Crippen molar-refractivity contribution >= 4 is 22.8 Å². The topological polar surface area (TPSA) is 65.6 Å². The molecule has 0 N–H and O–H groups in total. The van der Waals surface area contributed by atoms with Crippen LogP contribution in [0.1, 0.15) is 5.56 Å². The van der Waals surface area contributed by atoms with E-state index in [0.717, 1.165) is 5.56 Å². The maximum Gasteiger partial charge on any atom is 0.269 e. The summed E-state index contributed by atoms with van der Waals surface area (Å²) >= 11 is 1.37. The minimum absolute atomic E-state index is 0.198. The summed E-state index contributed by atoms with van der Waals surface area (Å²) in [6.07, 6.45) is 4.76. The van der Waals surface area contributed by atoms with Gasteiger partial charge in [0.2, 0.25) is 0 Å². The van der Waals surface area contributed by atoms with Gasteiger partial charge in [-0.1, -0.05) is 23.9 Å². The van der Waals surface area contributed by atoms with Crippen molar-refractivity contribution in [1.82, 2.24) is 24.3 Å². The summed E-state index contributed by atoms with van der Waals surface area (Å²) < 4.78 is 16.5. The third kappa shape index (κ3) is 2.99. The Morgan fingerprint density at radius 2 is 2.00 bits per heavy atom. The van der Waals surface area contributed by atoms with Gasteiger partial charge in [-0.2, -0.15) is 5.10 Å². The summed E-state index contributed by atoms with van der Waals surface area (Å²) in [4.78, 5) is 21.6. The number of benzene rings is 1. The van der Waals surface area contributed by atoms with Crippen LogP contribution in [0.3, 0.4) is 0 Å². The van der Waals surface area contributed by atoms with Crippen LogP contribution in [-0.4, -0.2) is 24.3 Å². The predicted molar refractivity (Wildman–Crippen MR) is 97.9 cm³/mol. The molecule has 0 saturated carbocycles. The molecule has 6 nitrogen and oxygen atoms in total. The molecule has 0 atom stereocenters. The number of aromatic nitrogens is 5. The van der Waals surface area contributed by atoms with Gasteiger partial charge in [-0.3, -0.25) is 19.0 Å². The van der Waals surface area contributed by atoms with Crippen LogP contribution in [0.5, 0.6) is 0 Å². The lowest BCUT2D eigenvalue weighted by atomic mass is 10.2. The summed E-state index contributed by atoms with van der Waals surface area (Å²) in [5, 5.41) is 5.09. The van der Waals surface area contributed by atoms with E-state index in [1.165, 1.54) is 34.7 Å². The molecule has 8 heteroatoms. The van der Waals surface area contributed by atoms with Gasteiger partial charge >= 0.3 is 0 Å². The fourth-order valence-electron chi connectivity index (χ4n) is 2.65. The molecule has 0 amide bonds. The molecule has 130 valence electrons. The number of halogens is 1. The zero-order valence-electron chi connectivity index (χ0n) is 13.8. The number of pyridine rings is 1. The summed E-state index contributed by atoms with van der Waals surface area (Å²) in [6.45, 7) is 0. The first kappa shape index (κ1) is 16.5. The molecule has 0 fully saturated rings. The highest BCUT2D eigenvalue weighted by atomic mass is 32.2. The third-order valence-corrected chi connectivity index (χ3v) is 4.92. The Morgan fingerprint density at radius 1 is 1.19 bits per heavy atom. The minimum Gasteiger partial charge on any atom is -0.268 e. The third-order valence-electron chi connectivity index (χ3n) is 3.91. The van der Waals surface area contributed by atoms with Gasteiger partial charge in [0.15, 0.2) is 10.8 Å². The average molecular weight is 367 g/mol. The van der Waals surface area contributed by atoms with Gasteiger partial charge in [0.05, 0.1) is 11.9 Å². The number of nitrogens with zero attached hydrogens (tertiary/aromatic N) is 5. The Hall–Kier alpha value is -3.00. The van der Waals surface area contributed by atoms with E-state index < -0.39 is 0 Å². The molecular formula is C18H14FN5OS. The van der Waals surface area contributed by atoms with Crippen molar-refractivity contribution in [2.75, 3.05) is 0 Å². The average Bonchev–Trinajstić information content (AvgIpc) is 3.02.